The Labute approximate surface area is 106 Å². The van der Waals surface area contributed by atoms with Crippen molar-refractivity contribution in [2.45, 2.75) is 84.8 Å². The first-order chi connectivity index (χ1) is 8.10. The van der Waals surface area contributed by atoms with Crippen molar-refractivity contribution < 1.29 is 14.3 Å². The van der Waals surface area contributed by atoms with Gasteiger partial charge in [-0.15, -0.1) is 0 Å². The molecule has 0 saturated carbocycles. The maximum atomic E-state index is 11.4. The maximum Gasteiger partial charge on any atom is 0.508 e. The molecule has 0 saturated heterocycles. The molecule has 2 atom stereocenters. The smallest absolute Gasteiger partial charge is 0.431 e. The number of carbonyl (C=O) groups excluding carboxylic acids is 1. The molecule has 0 radical (unpaired) electrons. The first-order valence-electron chi connectivity index (χ1n) is 6.97. The van der Waals surface area contributed by atoms with Crippen LogP contribution in [-0.4, -0.2) is 18.4 Å². The second-order valence-electron chi connectivity index (χ2n) is 4.74. The molecule has 0 spiro atoms. The minimum Gasteiger partial charge on any atom is -0.431 e. The van der Waals surface area contributed by atoms with Crippen LogP contribution in [0.4, 0.5) is 4.79 Å². The number of unbranched alkanes of at least 4 members (excludes halogenated alkanes) is 3. The van der Waals surface area contributed by atoms with Crippen molar-refractivity contribution in [2.24, 2.45) is 0 Å². The lowest BCUT2D eigenvalue weighted by molar-refractivity contribution is 0.00307. The van der Waals surface area contributed by atoms with Crippen molar-refractivity contribution in [1.82, 2.24) is 0 Å². The van der Waals surface area contributed by atoms with Gasteiger partial charge >= 0.3 is 6.16 Å². The zero-order chi connectivity index (χ0) is 13.1. The summed E-state index contributed by atoms with van der Waals surface area (Å²) >= 11 is 0. The molecule has 0 aromatic carbocycles. The first kappa shape index (κ1) is 16.3. The Morgan fingerprint density at radius 3 is 2.00 bits per heavy atom. The third kappa shape index (κ3) is 10.2. The quantitative estimate of drug-likeness (QED) is 0.436. The summed E-state index contributed by atoms with van der Waals surface area (Å²) in [5, 5.41) is 0. The van der Waals surface area contributed by atoms with Gasteiger partial charge in [-0.1, -0.05) is 39.5 Å². The first-order valence-corrected chi connectivity index (χ1v) is 6.97. The second-order valence-corrected chi connectivity index (χ2v) is 4.74. The molecule has 3 nitrogen and oxygen atoms in total. The Balaban J connectivity index is 3.58. The van der Waals surface area contributed by atoms with Crippen molar-refractivity contribution >= 4 is 6.16 Å². The summed E-state index contributed by atoms with van der Waals surface area (Å²) in [6.45, 7) is 8.09. The van der Waals surface area contributed by atoms with Crippen LogP contribution in [0.3, 0.4) is 0 Å². The van der Waals surface area contributed by atoms with Crippen LogP contribution in [0.5, 0.6) is 0 Å². The van der Waals surface area contributed by atoms with E-state index < -0.39 is 6.16 Å². The number of ether oxygens (including phenoxy) is 2. The molecule has 102 valence electrons. The summed E-state index contributed by atoms with van der Waals surface area (Å²) in [6, 6.07) is 0. The van der Waals surface area contributed by atoms with Gasteiger partial charge in [0.05, 0.1) is 0 Å². The zero-order valence-electron chi connectivity index (χ0n) is 11.8. The van der Waals surface area contributed by atoms with Crippen LogP contribution in [0.2, 0.25) is 0 Å². The molecule has 2 unspecified atom stereocenters. The predicted octanol–water partition coefficient (Wildman–Crippen LogP) is 4.69. The van der Waals surface area contributed by atoms with Crippen molar-refractivity contribution in [1.29, 1.82) is 0 Å². The third-order valence-corrected chi connectivity index (χ3v) is 2.75. The van der Waals surface area contributed by atoms with Crippen molar-refractivity contribution in [3.05, 3.63) is 0 Å². The van der Waals surface area contributed by atoms with E-state index in [2.05, 4.69) is 13.8 Å². The van der Waals surface area contributed by atoms with E-state index >= 15 is 0 Å². The van der Waals surface area contributed by atoms with E-state index in [0.717, 1.165) is 25.7 Å². The summed E-state index contributed by atoms with van der Waals surface area (Å²) in [5.41, 5.74) is 0. The van der Waals surface area contributed by atoms with Gasteiger partial charge in [-0.05, 0) is 33.1 Å². The molecule has 0 N–H and O–H groups in total. The minimum absolute atomic E-state index is 0.0341. The Morgan fingerprint density at radius 1 is 0.882 bits per heavy atom. The molecule has 0 aromatic heterocycles. The van der Waals surface area contributed by atoms with Crippen LogP contribution in [0.25, 0.3) is 0 Å². The van der Waals surface area contributed by atoms with E-state index in [1.807, 2.05) is 13.8 Å². The minimum atomic E-state index is -0.519. The van der Waals surface area contributed by atoms with Gasteiger partial charge < -0.3 is 9.47 Å². The van der Waals surface area contributed by atoms with E-state index in [1.54, 1.807) is 0 Å². The molecule has 0 rings (SSSR count). The molecule has 0 aliphatic rings. The average Bonchev–Trinajstić information content (AvgIpc) is 2.24. The number of hydrogen-bond donors (Lipinski definition) is 0. The predicted molar refractivity (Wildman–Crippen MR) is 70.2 cm³/mol. The maximum absolute atomic E-state index is 11.4. The molecular weight excluding hydrogens is 216 g/mol. The monoisotopic (exact) mass is 244 g/mol. The molecular formula is C14H28O3. The van der Waals surface area contributed by atoms with Crippen molar-refractivity contribution in [3.8, 4) is 0 Å². The van der Waals surface area contributed by atoms with Crippen molar-refractivity contribution in [3.63, 3.8) is 0 Å². The summed E-state index contributed by atoms with van der Waals surface area (Å²) in [6.07, 6.45) is 7.05. The van der Waals surface area contributed by atoms with Gasteiger partial charge in [0, 0.05) is 0 Å². The van der Waals surface area contributed by atoms with Gasteiger partial charge in [0.15, 0.2) is 0 Å². The fourth-order valence-corrected chi connectivity index (χ4v) is 1.74. The highest BCUT2D eigenvalue weighted by molar-refractivity contribution is 5.60. The standard InChI is InChI=1S/C14H28O3/c1-5-7-8-9-11-13(4)17-14(15)16-12(3)10-6-2/h12-13H,5-11H2,1-4H3. The zero-order valence-corrected chi connectivity index (χ0v) is 11.8. The fourth-order valence-electron chi connectivity index (χ4n) is 1.74. The normalized spacial score (nSPS) is 14.1. The molecule has 17 heavy (non-hydrogen) atoms. The van der Waals surface area contributed by atoms with E-state index in [0.29, 0.717) is 0 Å². The Kier molecular flexibility index (Phi) is 9.98. The SMILES string of the molecule is CCCCCCC(C)OC(=O)OC(C)CCC. The molecule has 0 heterocycles. The van der Waals surface area contributed by atoms with E-state index in [4.69, 9.17) is 9.47 Å². The molecule has 0 aromatic rings. The highest BCUT2D eigenvalue weighted by Crippen LogP contribution is 2.10. The fraction of sp³-hybridized carbons (Fsp3) is 0.929. The van der Waals surface area contributed by atoms with Crippen LogP contribution in [0, 0.1) is 0 Å². The Bertz CT molecular complexity index is 192. The van der Waals surface area contributed by atoms with E-state index in [9.17, 15) is 4.79 Å². The Hall–Kier alpha value is -0.730. The highest BCUT2D eigenvalue weighted by atomic mass is 16.7. The van der Waals surface area contributed by atoms with Gasteiger partial charge in [0.1, 0.15) is 12.2 Å². The summed E-state index contributed by atoms with van der Waals surface area (Å²) in [4.78, 5) is 11.4. The van der Waals surface area contributed by atoms with Gasteiger partial charge in [-0.2, -0.15) is 0 Å². The molecule has 0 bridgehead atoms. The van der Waals surface area contributed by atoms with Crippen LogP contribution < -0.4 is 0 Å². The highest BCUT2D eigenvalue weighted by Gasteiger charge is 2.13. The summed E-state index contributed by atoms with van der Waals surface area (Å²) in [7, 11) is 0. The van der Waals surface area contributed by atoms with Gasteiger partial charge in [0.25, 0.3) is 0 Å². The lowest BCUT2D eigenvalue weighted by atomic mass is 10.1. The molecule has 0 aliphatic carbocycles. The molecule has 3 heteroatoms. The number of rotatable bonds is 9. The summed E-state index contributed by atoms with van der Waals surface area (Å²) in [5.74, 6) is 0. The molecule has 0 amide bonds. The topological polar surface area (TPSA) is 35.5 Å². The van der Waals surface area contributed by atoms with Crippen LogP contribution in [0.1, 0.15) is 72.6 Å². The number of carbonyl (C=O) groups is 1. The Morgan fingerprint density at radius 2 is 1.47 bits per heavy atom. The van der Waals surface area contributed by atoms with Crippen molar-refractivity contribution in [2.75, 3.05) is 0 Å². The number of hydrogen-bond acceptors (Lipinski definition) is 3. The van der Waals surface area contributed by atoms with Gasteiger partial charge in [-0.25, -0.2) is 4.79 Å². The second kappa shape index (κ2) is 10.4. The molecule has 0 aliphatic heterocycles. The van der Waals surface area contributed by atoms with Crippen LogP contribution in [0.15, 0.2) is 0 Å². The third-order valence-electron chi connectivity index (χ3n) is 2.75. The largest absolute Gasteiger partial charge is 0.508 e. The van der Waals surface area contributed by atoms with Gasteiger partial charge in [-0.3, -0.25) is 0 Å². The van der Waals surface area contributed by atoms with E-state index in [1.165, 1.54) is 19.3 Å². The lowest BCUT2D eigenvalue weighted by Gasteiger charge is -2.16. The van der Waals surface area contributed by atoms with E-state index in [-0.39, 0.29) is 12.2 Å². The van der Waals surface area contributed by atoms with Crippen LogP contribution >= 0.6 is 0 Å². The molecule has 0 fully saturated rings. The summed E-state index contributed by atoms with van der Waals surface area (Å²) < 4.78 is 10.3. The lowest BCUT2D eigenvalue weighted by Crippen LogP contribution is -2.20. The van der Waals surface area contributed by atoms with Gasteiger partial charge in [0.2, 0.25) is 0 Å². The average molecular weight is 244 g/mol. The van der Waals surface area contributed by atoms with Crippen LogP contribution in [-0.2, 0) is 9.47 Å².